The van der Waals surface area contributed by atoms with Gasteiger partial charge in [0.05, 0.1) is 26.0 Å². The van der Waals surface area contributed by atoms with Crippen molar-refractivity contribution in [2.45, 2.75) is 27.1 Å². The van der Waals surface area contributed by atoms with Gasteiger partial charge in [-0.15, -0.1) is 0 Å². The van der Waals surface area contributed by atoms with Crippen LogP contribution in [0.2, 0.25) is 0 Å². The number of ether oxygens (including phenoxy) is 2. The van der Waals surface area contributed by atoms with Gasteiger partial charge in [0.2, 0.25) is 0 Å². The van der Waals surface area contributed by atoms with Crippen LogP contribution in [0, 0.1) is 13.8 Å². The van der Waals surface area contributed by atoms with E-state index in [2.05, 4.69) is 4.98 Å². The van der Waals surface area contributed by atoms with Crippen molar-refractivity contribution in [2.75, 3.05) is 7.11 Å². The lowest BCUT2D eigenvalue weighted by Crippen LogP contribution is -1.99. The standard InChI is InChI=1S/C16H19NO3/c1-11-14(8-17-12(2)16(11)18)10-20-9-13-4-6-15(19-3)7-5-13/h4-8,18H,9-10H2,1-3H3. The summed E-state index contributed by atoms with van der Waals surface area (Å²) in [5.74, 6) is 1.08. The SMILES string of the molecule is COc1ccc(COCc2cnc(C)c(O)c2C)cc1. The van der Waals surface area contributed by atoms with Crippen LogP contribution in [-0.4, -0.2) is 17.2 Å². The number of rotatable bonds is 5. The molecule has 0 saturated heterocycles. The Hall–Kier alpha value is -2.07. The highest BCUT2D eigenvalue weighted by Gasteiger charge is 2.07. The van der Waals surface area contributed by atoms with Crippen LogP contribution < -0.4 is 4.74 Å². The Morgan fingerprint density at radius 3 is 2.45 bits per heavy atom. The summed E-state index contributed by atoms with van der Waals surface area (Å²) in [5.41, 5.74) is 3.45. The molecule has 0 aliphatic carbocycles. The third-order valence-corrected chi connectivity index (χ3v) is 3.28. The summed E-state index contributed by atoms with van der Waals surface area (Å²) >= 11 is 0. The number of aryl methyl sites for hydroxylation is 1. The van der Waals surface area contributed by atoms with Crippen LogP contribution in [0.25, 0.3) is 0 Å². The Bertz CT molecular complexity index is 579. The van der Waals surface area contributed by atoms with E-state index in [-0.39, 0.29) is 5.75 Å². The fraction of sp³-hybridized carbons (Fsp3) is 0.312. The summed E-state index contributed by atoms with van der Waals surface area (Å²) in [7, 11) is 1.64. The first-order valence-electron chi connectivity index (χ1n) is 6.46. The summed E-state index contributed by atoms with van der Waals surface area (Å²) in [4.78, 5) is 4.14. The first-order chi connectivity index (χ1) is 9.61. The van der Waals surface area contributed by atoms with Crippen molar-refractivity contribution in [3.63, 3.8) is 0 Å². The molecule has 4 nitrogen and oxygen atoms in total. The van der Waals surface area contributed by atoms with Crippen molar-refractivity contribution in [1.82, 2.24) is 4.98 Å². The van der Waals surface area contributed by atoms with Crippen LogP contribution in [0.15, 0.2) is 30.5 Å². The fourth-order valence-electron chi connectivity index (χ4n) is 1.90. The molecule has 0 amide bonds. The van der Waals surface area contributed by atoms with E-state index in [1.807, 2.05) is 31.2 Å². The first kappa shape index (κ1) is 14.3. The minimum Gasteiger partial charge on any atom is -0.506 e. The summed E-state index contributed by atoms with van der Waals surface area (Å²) in [6, 6.07) is 7.75. The molecule has 0 atom stereocenters. The van der Waals surface area contributed by atoms with Gasteiger partial charge in [-0.2, -0.15) is 0 Å². The molecule has 0 spiro atoms. The maximum absolute atomic E-state index is 9.83. The lowest BCUT2D eigenvalue weighted by atomic mass is 10.1. The topological polar surface area (TPSA) is 51.6 Å². The molecule has 0 aliphatic rings. The fourth-order valence-corrected chi connectivity index (χ4v) is 1.90. The van der Waals surface area contributed by atoms with E-state index in [1.165, 1.54) is 0 Å². The van der Waals surface area contributed by atoms with Crippen molar-refractivity contribution < 1.29 is 14.6 Å². The highest BCUT2D eigenvalue weighted by atomic mass is 16.5. The van der Waals surface area contributed by atoms with Gasteiger partial charge < -0.3 is 14.6 Å². The van der Waals surface area contributed by atoms with Gasteiger partial charge in [-0.25, -0.2) is 0 Å². The summed E-state index contributed by atoms with van der Waals surface area (Å²) in [6.45, 7) is 4.59. The highest BCUT2D eigenvalue weighted by Crippen LogP contribution is 2.23. The molecular formula is C16H19NO3. The molecule has 0 unspecified atom stereocenters. The maximum atomic E-state index is 9.83. The lowest BCUT2D eigenvalue weighted by Gasteiger charge is -2.10. The zero-order chi connectivity index (χ0) is 14.5. The number of hydrogen-bond acceptors (Lipinski definition) is 4. The number of pyridine rings is 1. The van der Waals surface area contributed by atoms with E-state index in [4.69, 9.17) is 9.47 Å². The second-order valence-corrected chi connectivity index (χ2v) is 4.68. The van der Waals surface area contributed by atoms with E-state index >= 15 is 0 Å². The van der Waals surface area contributed by atoms with E-state index in [9.17, 15) is 5.11 Å². The molecule has 1 aromatic heterocycles. The zero-order valence-electron chi connectivity index (χ0n) is 12.0. The van der Waals surface area contributed by atoms with Crippen LogP contribution in [-0.2, 0) is 18.0 Å². The van der Waals surface area contributed by atoms with Gasteiger partial charge >= 0.3 is 0 Å². The molecule has 0 fully saturated rings. The quantitative estimate of drug-likeness (QED) is 0.909. The molecule has 1 N–H and O–H groups in total. The zero-order valence-corrected chi connectivity index (χ0v) is 12.0. The smallest absolute Gasteiger partial charge is 0.140 e. The molecule has 1 aromatic carbocycles. The van der Waals surface area contributed by atoms with Gasteiger partial charge in [0.1, 0.15) is 11.5 Å². The van der Waals surface area contributed by atoms with Gasteiger partial charge in [0.25, 0.3) is 0 Å². The number of methoxy groups -OCH3 is 1. The largest absolute Gasteiger partial charge is 0.506 e. The highest BCUT2D eigenvalue weighted by molar-refractivity contribution is 5.39. The van der Waals surface area contributed by atoms with Gasteiger partial charge in [0.15, 0.2) is 0 Å². The average molecular weight is 273 g/mol. The lowest BCUT2D eigenvalue weighted by molar-refractivity contribution is 0.106. The van der Waals surface area contributed by atoms with E-state index in [0.29, 0.717) is 18.9 Å². The van der Waals surface area contributed by atoms with Gasteiger partial charge in [-0.1, -0.05) is 12.1 Å². The number of benzene rings is 1. The maximum Gasteiger partial charge on any atom is 0.140 e. The molecule has 0 aliphatic heterocycles. The predicted molar refractivity (Wildman–Crippen MR) is 76.9 cm³/mol. The molecule has 106 valence electrons. The van der Waals surface area contributed by atoms with Crippen molar-refractivity contribution in [1.29, 1.82) is 0 Å². The summed E-state index contributed by atoms with van der Waals surface area (Å²) in [5, 5.41) is 9.83. The summed E-state index contributed by atoms with van der Waals surface area (Å²) < 4.78 is 10.8. The number of aromatic nitrogens is 1. The van der Waals surface area contributed by atoms with Crippen LogP contribution in [0.4, 0.5) is 0 Å². The number of nitrogens with zero attached hydrogens (tertiary/aromatic N) is 1. The van der Waals surface area contributed by atoms with Gasteiger partial charge in [-0.3, -0.25) is 4.98 Å². The van der Waals surface area contributed by atoms with Crippen LogP contribution in [0.3, 0.4) is 0 Å². The van der Waals surface area contributed by atoms with Gasteiger partial charge in [0, 0.05) is 11.8 Å². The predicted octanol–water partition coefficient (Wildman–Crippen LogP) is 3.13. The van der Waals surface area contributed by atoms with Crippen molar-refractivity contribution >= 4 is 0 Å². The minimum atomic E-state index is 0.246. The molecule has 0 saturated carbocycles. The van der Waals surface area contributed by atoms with Gasteiger partial charge in [-0.05, 0) is 37.1 Å². The Morgan fingerprint density at radius 1 is 1.10 bits per heavy atom. The van der Waals surface area contributed by atoms with Crippen LogP contribution in [0.5, 0.6) is 11.5 Å². The second kappa shape index (κ2) is 6.39. The molecule has 2 rings (SSSR count). The number of aromatic hydroxyl groups is 1. The van der Waals surface area contributed by atoms with Crippen LogP contribution in [0.1, 0.15) is 22.4 Å². The average Bonchev–Trinajstić information content (AvgIpc) is 2.48. The molecule has 1 heterocycles. The molecule has 2 aromatic rings. The molecule has 0 bridgehead atoms. The van der Waals surface area contributed by atoms with Crippen LogP contribution >= 0.6 is 0 Å². The minimum absolute atomic E-state index is 0.246. The normalized spacial score (nSPS) is 10.6. The summed E-state index contributed by atoms with van der Waals surface area (Å²) in [6.07, 6.45) is 1.75. The van der Waals surface area contributed by atoms with Crippen molar-refractivity contribution in [2.24, 2.45) is 0 Å². The third-order valence-electron chi connectivity index (χ3n) is 3.28. The molecular weight excluding hydrogens is 254 g/mol. The van der Waals surface area contributed by atoms with E-state index < -0.39 is 0 Å². The molecule has 4 heteroatoms. The monoisotopic (exact) mass is 273 g/mol. The van der Waals surface area contributed by atoms with Crippen molar-refractivity contribution in [3.05, 3.63) is 52.8 Å². The van der Waals surface area contributed by atoms with Crippen molar-refractivity contribution in [3.8, 4) is 11.5 Å². The van der Waals surface area contributed by atoms with E-state index in [1.54, 1.807) is 20.2 Å². The number of hydrogen-bond donors (Lipinski definition) is 1. The molecule has 0 radical (unpaired) electrons. The molecule has 20 heavy (non-hydrogen) atoms. The first-order valence-corrected chi connectivity index (χ1v) is 6.46. The third kappa shape index (κ3) is 3.27. The Labute approximate surface area is 119 Å². The second-order valence-electron chi connectivity index (χ2n) is 4.68. The van der Waals surface area contributed by atoms with E-state index in [0.717, 1.165) is 22.4 Å². The Kier molecular flexibility index (Phi) is 4.58. The Balaban J connectivity index is 1.94. The Morgan fingerprint density at radius 2 is 1.80 bits per heavy atom.